The van der Waals surface area contributed by atoms with Gasteiger partial charge in [0.05, 0.1) is 29.0 Å². The van der Waals surface area contributed by atoms with Gasteiger partial charge in [0.25, 0.3) is 5.56 Å². The zero-order chi connectivity index (χ0) is 27.4. The van der Waals surface area contributed by atoms with E-state index >= 15 is 0 Å². The highest BCUT2D eigenvalue weighted by Crippen LogP contribution is 2.40. The van der Waals surface area contributed by atoms with Crippen LogP contribution in [0.5, 0.6) is 0 Å². The summed E-state index contributed by atoms with van der Waals surface area (Å²) < 4.78 is 52.6. The maximum Gasteiger partial charge on any atom is 0.490 e. The van der Waals surface area contributed by atoms with Crippen LogP contribution in [0.1, 0.15) is 41.2 Å². The molecule has 0 saturated carbocycles. The number of carbonyl (C=O) groups is 2. The van der Waals surface area contributed by atoms with Crippen molar-refractivity contribution in [2.45, 2.75) is 51.7 Å². The number of benzene rings is 1. The van der Waals surface area contributed by atoms with Crippen molar-refractivity contribution in [3.63, 3.8) is 0 Å². The smallest absolute Gasteiger partial charge is 0.475 e. The summed E-state index contributed by atoms with van der Waals surface area (Å²) in [5.41, 5.74) is 7.85. The van der Waals surface area contributed by atoms with Crippen LogP contribution in [0.2, 0.25) is 0 Å². The minimum absolute atomic E-state index is 0.0677. The Hall–Kier alpha value is -3.84. The average molecular weight is 523 g/mol. The van der Waals surface area contributed by atoms with Gasteiger partial charge < -0.3 is 25.3 Å². The number of aliphatic carboxylic acids is 1. The van der Waals surface area contributed by atoms with E-state index in [-0.39, 0.29) is 48.6 Å². The number of esters is 1. The molecule has 2 aromatic heterocycles. The maximum absolute atomic E-state index is 14.2. The Morgan fingerprint density at radius 3 is 2.46 bits per heavy atom. The third-order valence-electron chi connectivity index (χ3n) is 6.53. The summed E-state index contributed by atoms with van der Waals surface area (Å²) in [4.78, 5) is 39.0. The quantitative estimate of drug-likeness (QED) is 0.269. The molecule has 1 atom stereocenters. The molecule has 196 valence electrons. The number of hydrogen-bond acceptors (Lipinski definition) is 7. The zero-order valence-corrected chi connectivity index (χ0v) is 19.6. The van der Waals surface area contributed by atoms with E-state index in [2.05, 4.69) is 4.98 Å². The Morgan fingerprint density at radius 2 is 1.89 bits per heavy atom. The topological polar surface area (TPSA) is 145 Å². The number of aliphatic hydroxyl groups is 1. The summed E-state index contributed by atoms with van der Waals surface area (Å²) in [5, 5.41) is 18.8. The van der Waals surface area contributed by atoms with Gasteiger partial charge in [0, 0.05) is 29.1 Å². The Morgan fingerprint density at radius 1 is 1.24 bits per heavy atom. The van der Waals surface area contributed by atoms with Gasteiger partial charge in [0.2, 0.25) is 0 Å². The lowest BCUT2D eigenvalue weighted by molar-refractivity contribution is -0.192. The number of alkyl halides is 3. The molecule has 3 aromatic rings. The highest BCUT2D eigenvalue weighted by atomic mass is 19.4. The van der Waals surface area contributed by atoms with Crippen LogP contribution in [0, 0.1) is 12.7 Å². The number of cyclic esters (lactones) is 1. The number of carbonyl (C=O) groups excluding carboxylic acids is 1. The number of fused-ring (bicyclic) bond motifs is 5. The molecule has 5 rings (SSSR count). The third-order valence-corrected chi connectivity index (χ3v) is 6.53. The molecule has 0 amide bonds. The fourth-order valence-corrected chi connectivity index (χ4v) is 4.52. The summed E-state index contributed by atoms with van der Waals surface area (Å²) in [5.74, 6) is -3.90. The van der Waals surface area contributed by atoms with Gasteiger partial charge in [0.15, 0.2) is 5.60 Å². The van der Waals surface area contributed by atoms with Crippen molar-refractivity contribution in [2.75, 3.05) is 0 Å². The van der Waals surface area contributed by atoms with Gasteiger partial charge in [-0.15, -0.1) is 0 Å². The van der Waals surface area contributed by atoms with Crippen molar-refractivity contribution in [1.29, 1.82) is 0 Å². The highest BCUT2D eigenvalue weighted by molar-refractivity contribution is 5.89. The number of nitrogens with zero attached hydrogens (tertiary/aromatic N) is 2. The van der Waals surface area contributed by atoms with E-state index in [0.29, 0.717) is 22.5 Å². The molecular formula is C24H21F4N3O6. The molecule has 0 radical (unpaired) electrons. The van der Waals surface area contributed by atoms with Crippen molar-refractivity contribution in [3.05, 3.63) is 62.2 Å². The Kier molecular flexibility index (Phi) is 6.32. The molecule has 4 heterocycles. The monoisotopic (exact) mass is 523 g/mol. The van der Waals surface area contributed by atoms with Crippen LogP contribution < -0.4 is 11.3 Å². The molecule has 0 fully saturated rings. The first-order valence-electron chi connectivity index (χ1n) is 11.0. The summed E-state index contributed by atoms with van der Waals surface area (Å²) in [6, 6.07) is 4.72. The molecule has 37 heavy (non-hydrogen) atoms. The number of halogens is 4. The second-order valence-corrected chi connectivity index (χ2v) is 8.65. The highest BCUT2D eigenvalue weighted by Gasteiger charge is 2.45. The van der Waals surface area contributed by atoms with Crippen LogP contribution >= 0.6 is 0 Å². The van der Waals surface area contributed by atoms with Crippen LogP contribution in [-0.2, 0) is 39.6 Å². The van der Waals surface area contributed by atoms with Crippen LogP contribution in [0.4, 0.5) is 17.6 Å². The first-order valence-corrected chi connectivity index (χ1v) is 11.0. The molecule has 0 bridgehead atoms. The number of hydrogen-bond donors (Lipinski definition) is 3. The summed E-state index contributed by atoms with van der Waals surface area (Å²) in [6.45, 7) is 3.61. The summed E-state index contributed by atoms with van der Waals surface area (Å²) in [7, 11) is 0. The maximum atomic E-state index is 14.2. The Bertz CT molecular complexity index is 1530. The number of pyridine rings is 2. The first kappa shape index (κ1) is 26.2. The van der Waals surface area contributed by atoms with Gasteiger partial charge in [-0.25, -0.2) is 19.0 Å². The van der Waals surface area contributed by atoms with Gasteiger partial charge >= 0.3 is 18.1 Å². The fourth-order valence-electron chi connectivity index (χ4n) is 4.52. The molecule has 13 heteroatoms. The molecule has 0 spiro atoms. The minimum Gasteiger partial charge on any atom is -0.475 e. The van der Waals surface area contributed by atoms with Crippen molar-refractivity contribution in [3.8, 4) is 11.4 Å². The zero-order valence-electron chi connectivity index (χ0n) is 19.6. The van der Waals surface area contributed by atoms with E-state index in [1.54, 1.807) is 30.5 Å². The lowest BCUT2D eigenvalue weighted by atomic mass is 9.86. The van der Waals surface area contributed by atoms with Gasteiger partial charge in [0.1, 0.15) is 12.4 Å². The molecule has 1 aromatic carbocycles. The van der Waals surface area contributed by atoms with Crippen LogP contribution in [0.25, 0.3) is 22.3 Å². The van der Waals surface area contributed by atoms with Gasteiger partial charge in [-0.3, -0.25) is 4.79 Å². The predicted molar refractivity (Wildman–Crippen MR) is 121 cm³/mol. The molecule has 0 saturated heterocycles. The molecule has 0 unspecified atom stereocenters. The molecule has 0 aliphatic carbocycles. The van der Waals surface area contributed by atoms with Gasteiger partial charge in [-0.05, 0) is 36.6 Å². The number of aromatic nitrogens is 2. The number of carboxylic acid groups (broad SMARTS) is 1. The van der Waals surface area contributed by atoms with Crippen LogP contribution in [-0.4, -0.2) is 37.9 Å². The van der Waals surface area contributed by atoms with E-state index in [1.165, 1.54) is 6.07 Å². The van der Waals surface area contributed by atoms with E-state index < -0.39 is 23.7 Å². The minimum atomic E-state index is -5.08. The van der Waals surface area contributed by atoms with Crippen molar-refractivity contribution < 1.29 is 42.1 Å². The predicted octanol–water partition coefficient (Wildman–Crippen LogP) is 2.62. The number of nitrogens with two attached hydrogens (primary N) is 1. The van der Waals surface area contributed by atoms with Crippen LogP contribution in [0.15, 0.2) is 23.0 Å². The lowest BCUT2D eigenvalue weighted by Crippen LogP contribution is -2.44. The van der Waals surface area contributed by atoms with E-state index in [4.69, 9.17) is 20.4 Å². The number of carboxylic acids is 1. The standard InChI is InChI=1S/C22H20FN3O4.C2HF3O2/c1-3-22(29)15-5-18-19-13(8-26(18)20(27)14(15)9-30-21(22)28)12(7-24)11-4-10(2)16(23)6-17(11)25-19;3-2(4,5)1(6)7/h4-6,29H,3,7-9,24H2,1-2H3;(H,6,7)/t22-;/m0./s1. The molecular weight excluding hydrogens is 502 g/mol. The molecule has 9 nitrogen and oxygen atoms in total. The number of aryl methyl sites for hydroxylation is 1. The van der Waals surface area contributed by atoms with E-state index in [0.717, 1.165) is 16.5 Å². The first-order chi connectivity index (χ1) is 17.2. The van der Waals surface area contributed by atoms with Crippen molar-refractivity contribution >= 4 is 22.8 Å². The largest absolute Gasteiger partial charge is 0.490 e. The Labute approximate surface area is 206 Å². The normalized spacial score (nSPS) is 17.9. The molecule has 2 aliphatic rings. The fraction of sp³-hybridized carbons (Fsp3) is 0.333. The molecule has 2 aliphatic heterocycles. The van der Waals surface area contributed by atoms with Gasteiger partial charge in [-0.1, -0.05) is 6.92 Å². The van der Waals surface area contributed by atoms with Crippen molar-refractivity contribution in [2.24, 2.45) is 5.73 Å². The summed E-state index contributed by atoms with van der Waals surface area (Å²) in [6.07, 6.45) is -5.02. The second-order valence-electron chi connectivity index (χ2n) is 8.65. The van der Waals surface area contributed by atoms with Crippen molar-refractivity contribution in [1.82, 2.24) is 9.55 Å². The average Bonchev–Trinajstić information content (AvgIpc) is 3.19. The van der Waals surface area contributed by atoms with Crippen LogP contribution in [0.3, 0.4) is 0 Å². The SMILES string of the molecule is CC[C@@]1(O)C(=O)OCc2c1cc1n(c2=O)Cc2c-1nc1cc(F)c(C)cc1c2CN.O=C(O)C(F)(F)F. The third kappa shape index (κ3) is 4.13. The van der Waals surface area contributed by atoms with E-state index in [1.807, 2.05) is 0 Å². The van der Waals surface area contributed by atoms with Gasteiger partial charge in [-0.2, -0.15) is 13.2 Å². The Balaban J connectivity index is 0.000000405. The van der Waals surface area contributed by atoms with E-state index in [9.17, 15) is 32.3 Å². The molecule has 4 N–H and O–H groups in total. The number of ether oxygens (including phenoxy) is 1. The number of rotatable bonds is 2. The lowest BCUT2D eigenvalue weighted by Gasteiger charge is -2.31. The summed E-state index contributed by atoms with van der Waals surface area (Å²) >= 11 is 0. The second kappa shape index (κ2) is 8.92.